The molecule has 2 N–H and O–H groups in total. The second kappa shape index (κ2) is 9.97. The molecule has 3 rings (SSSR count). The van der Waals surface area contributed by atoms with E-state index in [1.54, 1.807) is 43.3 Å². The van der Waals surface area contributed by atoms with Crippen LogP contribution in [-0.4, -0.2) is 26.9 Å². The van der Waals surface area contributed by atoms with E-state index >= 15 is 0 Å². The normalized spacial score (nSPS) is 11.2. The van der Waals surface area contributed by atoms with Crippen LogP contribution in [0.1, 0.15) is 59.0 Å². The van der Waals surface area contributed by atoms with Crippen molar-refractivity contribution in [1.82, 2.24) is 0 Å². The first kappa shape index (κ1) is 25.4. The van der Waals surface area contributed by atoms with Crippen molar-refractivity contribution in [1.29, 1.82) is 0 Å². The third-order valence-corrected chi connectivity index (χ3v) is 5.40. The predicted octanol–water partition coefficient (Wildman–Crippen LogP) is 6.17. The Kier molecular flexibility index (Phi) is 7.24. The zero-order valence-corrected chi connectivity index (χ0v) is 20.0. The number of carboxylic acid groups (broad SMARTS) is 1. The van der Waals surface area contributed by atoms with Gasteiger partial charge in [0.15, 0.2) is 5.78 Å². The van der Waals surface area contributed by atoms with E-state index in [0.29, 0.717) is 28.9 Å². The Morgan fingerprint density at radius 1 is 1.03 bits per heavy atom. The number of nitro groups is 1. The molecule has 182 valence electrons. The topological polar surface area (TPSA) is 127 Å². The highest BCUT2D eigenvalue weighted by molar-refractivity contribution is 5.99. The number of carboxylic acids is 1. The molecule has 35 heavy (non-hydrogen) atoms. The van der Waals surface area contributed by atoms with Crippen molar-refractivity contribution in [2.45, 2.75) is 40.7 Å². The van der Waals surface area contributed by atoms with Gasteiger partial charge in [-0.3, -0.25) is 14.9 Å². The van der Waals surface area contributed by atoms with Gasteiger partial charge in [-0.2, -0.15) is 0 Å². The summed E-state index contributed by atoms with van der Waals surface area (Å²) >= 11 is 0. The van der Waals surface area contributed by atoms with Crippen molar-refractivity contribution in [3.63, 3.8) is 0 Å². The van der Waals surface area contributed by atoms with Gasteiger partial charge in [0.2, 0.25) is 0 Å². The number of carbonyl (C=O) groups is 2. The molecule has 0 radical (unpaired) electrons. The van der Waals surface area contributed by atoms with Crippen LogP contribution in [0.25, 0.3) is 11.1 Å². The molecule has 0 aliphatic carbocycles. The first-order valence-electron chi connectivity index (χ1n) is 11.0. The van der Waals surface area contributed by atoms with E-state index in [1.165, 1.54) is 12.1 Å². The Balaban J connectivity index is 1.83. The molecule has 0 aliphatic heterocycles. The van der Waals surface area contributed by atoms with Crippen molar-refractivity contribution in [2.24, 2.45) is 5.41 Å². The number of carbonyl (C=O) groups excluding carboxylic acids is 1. The zero-order chi connectivity index (χ0) is 25.9. The lowest BCUT2D eigenvalue weighted by atomic mass is 9.87. The molecule has 0 fully saturated rings. The molecule has 0 spiro atoms. The second-order valence-corrected chi connectivity index (χ2v) is 9.57. The molecule has 0 amide bonds. The molecule has 0 aliphatic rings. The Morgan fingerprint density at radius 2 is 1.74 bits per heavy atom. The summed E-state index contributed by atoms with van der Waals surface area (Å²) in [7, 11) is 0. The summed E-state index contributed by atoms with van der Waals surface area (Å²) < 4.78 is 5.88. The van der Waals surface area contributed by atoms with Gasteiger partial charge >= 0.3 is 5.97 Å². The smallest absolute Gasteiger partial charge is 0.335 e. The van der Waals surface area contributed by atoms with Crippen LogP contribution in [0.2, 0.25) is 0 Å². The van der Waals surface area contributed by atoms with Gasteiger partial charge in [-0.05, 0) is 53.3 Å². The van der Waals surface area contributed by atoms with Gasteiger partial charge in [0.25, 0.3) is 5.69 Å². The maximum absolute atomic E-state index is 12.5. The van der Waals surface area contributed by atoms with E-state index in [2.05, 4.69) is 0 Å². The third-order valence-electron chi connectivity index (χ3n) is 5.40. The monoisotopic (exact) mass is 477 g/mol. The molecular formula is C27H27NO7. The Morgan fingerprint density at radius 3 is 2.37 bits per heavy atom. The van der Waals surface area contributed by atoms with E-state index in [1.807, 2.05) is 20.8 Å². The van der Waals surface area contributed by atoms with Crippen molar-refractivity contribution < 1.29 is 29.5 Å². The zero-order valence-electron chi connectivity index (χ0n) is 20.0. The first-order valence-corrected chi connectivity index (χ1v) is 11.0. The van der Waals surface area contributed by atoms with Crippen LogP contribution in [0, 0.1) is 22.5 Å². The molecule has 0 bridgehead atoms. The molecule has 8 nitrogen and oxygen atoms in total. The maximum Gasteiger partial charge on any atom is 0.335 e. The number of ketones is 1. The fourth-order valence-corrected chi connectivity index (χ4v) is 3.65. The number of nitrogens with zero attached hydrogens (tertiary/aromatic N) is 1. The fourth-order valence-electron chi connectivity index (χ4n) is 3.65. The minimum absolute atomic E-state index is 0.108. The molecule has 3 aromatic carbocycles. The first-order chi connectivity index (χ1) is 16.4. The summed E-state index contributed by atoms with van der Waals surface area (Å²) in [4.78, 5) is 34.5. The standard InChI is InChI=1S/C27H27NO7/c1-16-24(9-8-22(25(16)30)23(29)14-27(2,3)4)35-15-17-6-5-7-18(10-17)19-11-20(26(31)32)13-21(12-19)28(33)34/h5-13,30H,14-15H2,1-4H3,(H,31,32). The molecule has 0 saturated carbocycles. The second-order valence-electron chi connectivity index (χ2n) is 9.57. The van der Waals surface area contributed by atoms with Crippen LogP contribution in [-0.2, 0) is 6.61 Å². The lowest BCUT2D eigenvalue weighted by Crippen LogP contribution is -2.13. The van der Waals surface area contributed by atoms with Crippen molar-refractivity contribution >= 4 is 17.4 Å². The van der Waals surface area contributed by atoms with Crippen molar-refractivity contribution in [2.75, 3.05) is 0 Å². The minimum atomic E-state index is -1.26. The molecule has 0 aromatic heterocycles. The van der Waals surface area contributed by atoms with Gasteiger partial charge in [-0.15, -0.1) is 0 Å². The quantitative estimate of drug-likeness (QED) is 0.225. The average Bonchev–Trinajstić information content (AvgIpc) is 2.78. The number of aromatic carboxylic acids is 1. The van der Waals surface area contributed by atoms with E-state index in [0.717, 1.165) is 11.6 Å². The Bertz CT molecular complexity index is 1270. The summed E-state index contributed by atoms with van der Waals surface area (Å²) in [6.45, 7) is 7.67. The van der Waals surface area contributed by atoms with Crippen LogP contribution >= 0.6 is 0 Å². The number of aromatic hydroxyl groups is 1. The molecule has 8 heteroatoms. The number of ether oxygens (including phenoxy) is 1. The lowest BCUT2D eigenvalue weighted by molar-refractivity contribution is -0.384. The van der Waals surface area contributed by atoms with Gasteiger partial charge < -0.3 is 14.9 Å². The molecule has 0 heterocycles. The SMILES string of the molecule is Cc1c(OCc2cccc(-c3cc(C(=O)O)cc([N+](=O)[O-])c3)c2)ccc(C(=O)CC(C)(C)C)c1O. The number of nitro benzene ring substituents is 1. The number of rotatable bonds is 8. The predicted molar refractivity (Wildman–Crippen MR) is 131 cm³/mol. The van der Waals surface area contributed by atoms with Gasteiger partial charge in [-0.25, -0.2) is 4.79 Å². The highest BCUT2D eigenvalue weighted by Gasteiger charge is 2.22. The lowest BCUT2D eigenvalue weighted by Gasteiger charge is -2.18. The number of hydrogen-bond donors (Lipinski definition) is 2. The number of non-ortho nitro benzene ring substituents is 1. The number of phenols is 1. The van der Waals surface area contributed by atoms with Gasteiger partial charge in [0.1, 0.15) is 18.1 Å². The Labute approximate surface area is 203 Å². The van der Waals surface area contributed by atoms with E-state index in [-0.39, 0.29) is 40.4 Å². The molecule has 0 atom stereocenters. The van der Waals surface area contributed by atoms with Gasteiger partial charge in [0.05, 0.1) is 16.1 Å². The largest absolute Gasteiger partial charge is 0.507 e. The summed E-state index contributed by atoms with van der Waals surface area (Å²) in [6, 6.07) is 13.9. The van der Waals surface area contributed by atoms with Crippen LogP contribution in [0.5, 0.6) is 11.5 Å². The molecular weight excluding hydrogens is 450 g/mol. The third kappa shape index (κ3) is 6.23. The average molecular weight is 478 g/mol. The minimum Gasteiger partial charge on any atom is -0.507 e. The summed E-state index contributed by atoms with van der Waals surface area (Å²) in [5.74, 6) is -1.09. The van der Waals surface area contributed by atoms with Crippen molar-refractivity contribution in [3.05, 3.63) is 87.0 Å². The van der Waals surface area contributed by atoms with Crippen LogP contribution in [0.15, 0.2) is 54.6 Å². The van der Waals surface area contributed by atoms with Crippen LogP contribution < -0.4 is 4.74 Å². The maximum atomic E-state index is 12.5. The van der Waals surface area contributed by atoms with E-state index in [9.17, 15) is 29.9 Å². The molecule has 0 unspecified atom stereocenters. The number of Topliss-reactive ketones (excluding diaryl/α,β-unsaturated/α-hetero) is 1. The van der Waals surface area contributed by atoms with E-state index < -0.39 is 10.9 Å². The Hall–Kier alpha value is -4.20. The number of benzene rings is 3. The fraction of sp³-hybridized carbons (Fsp3) is 0.259. The van der Waals surface area contributed by atoms with Crippen LogP contribution in [0.4, 0.5) is 5.69 Å². The number of hydrogen-bond acceptors (Lipinski definition) is 6. The highest BCUT2D eigenvalue weighted by atomic mass is 16.6. The van der Waals surface area contributed by atoms with Gasteiger partial charge in [0, 0.05) is 24.1 Å². The summed E-state index contributed by atoms with van der Waals surface area (Å²) in [5.41, 5.74) is 1.74. The number of phenolic OH excluding ortho intramolecular Hbond substituents is 1. The summed E-state index contributed by atoms with van der Waals surface area (Å²) in [6.07, 6.45) is 0.300. The molecule has 3 aromatic rings. The van der Waals surface area contributed by atoms with Crippen LogP contribution in [0.3, 0.4) is 0 Å². The highest BCUT2D eigenvalue weighted by Crippen LogP contribution is 2.34. The van der Waals surface area contributed by atoms with Crippen molar-refractivity contribution in [3.8, 4) is 22.6 Å². The summed E-state index contributed by atoms with van der Waals surface area (Å²) in [5, 5.41) is 31.1. The van der Waals surface area contributed by atoms with E-state index in [4.69, 9.17) is 4.74 Å². The van der Waals surface area contributed by atoms with Gasteiger partial charge in [-0.1, -0.05) is 39.0 Å². The molecule has 0 saturated heterocycles.